The van der Waals surface area contributed by atoms with Crippen LogP contribution in [0.1, 0.15) is 31.4 Å². The van der Waals surface area contributed by atoms with Gasteiger partial charge in [-0.1, -0.05) is 30.1 Å². The smallest absolute Gasteiger partial charge is 0.220 e. The summed E-state index contributed by atoms with van der Waals surface area (Å²) in [6.07, 6.45) is 3.88. The van der Waals surface area contributed by atoms with Crippen molar-refractivity contribution in [2.45, 2.75) is 37.0 Å². The van der Waals surface area contributed by atoms with Crippen molar-refractivity contribution in [1.29, 1.82) is 0 Å². The highest BCUT2D eigenvalue weighted by atomic mass is 32.2. The first kappa shape index (κ1) is 15.1. The Bertz CT molecular complexity index is 808. The van der Waals surface area contributed by atoms with Crippen LogP contribution >= 0.6 is 0 Å². The number of nitrogens with zero attached hydrogens (tertiary/aromatic N) is 2. The Morgan fingerprint density at radius 1 is 1.22 bits per heavy atom. The molecule has 124 valence electrons. The molecule has 0 amide bonds. The third-order valence-corrected chi connectivity index (χ3v) is 6.86. The van der Waals surface area contributed by atoms with E-state index < -0.39 is 10.0 Å². The number of benzene rings is 1. The second-order valence-corrected chi connectivity index (χ2v) is 8.33. The van der Waals surface area contributed by atoms with E-state index in [1.165, 1.54) is 0 Å². The summed E-state index contributed by atoms with van der Waals surface area (Å²) in [5.74, 6) is -0.119. The molecule has 1 aromatic heterocycles. The summed E-state index contributed by atoms with van der Waals surface area (Å²) >= 11 is 0. The summed E-state index contributed by atoms with van der Waals surface area (Å²) in [6.45, 7) is 1.39. The van der Waals surface area contributed by atoms with Crippen LogP contribution in [-0.4, -0.2) is 43.2 Å². The van der Waals surface area contributed by atoms with Crippen LogP contribution < -0.4 is 0 Å². The molecule has 1 aromatic carbocycles. The van der Waals surface area contributed by atoms with Gasteiger partial charge in [0.05, 0.1) is 18.8 Å². The van der Waals surface area contributed by atoms with Gasteiger partial charge in [-0.3, -0.25) is 0 Å². The molecule has 1 spiro atoms. The average molecular weight is 336 g/mol. The maximum atomic E-state index is 13.0. The van der Waals surface area contributed by atoms with Gasteiger partial charge >= 0.3 is 0 Å². The molecule has 2 aliphatic rings. The monoisotopic (exact) mass is 336 g/mol. The number of ether oxygens (including phenoxy) is 1. The minimum Gasteiger partial charge on any atom is -0.378 e. The number of hydrogen-bond acceptors (Lipinski definition) is 5. The number of hydrogen-bond donors (Lipinski definition) is 0. The van der Waals surface area contributed by atoms with Crippen LogP contribution in [0, 0.1) is 0 Å². The van der Waals surface area contributed by atoms with Crippen molar-refractivity contribution in [2.75, 3.05) is 19.8 Å². The van der Waals surface area contributed by atoms with Gasteiger partial charge in [0.2, 0.25) is 10.0 Å². The molecule has 1 aliphatic carbocycles. The Morgan fingerprint density at radius 3 is 2.83 bits per heavy atom. The highest BCUT2D eigenvalue weighted by Crippen LogP contribution is 2.39. The Kier molecular flexibility index (Phi) is 3.66. The van der Waals surface area contributed by atoms with Crippen LogP contribution in [0.5, 0.6) is 0 Å². The van der Waals surface area contributed by atoms with Crippen LogP contribution in [-0.2, 0) is 20.5 Å². The Morgan fingerprint density at radius 2 is 2.00 bits per heavy atom. The molecule has 0 unspecified atom stereocenters. The van der Waals surface area contributed by atoms with Gasteiger partial charge in [-0.2, -0.15) is 4.31 Å². The van der Waals surface area contributed by atoms with Crippen LogP contribution in [0.25, 0.3) is 11.0 Å². The molecule has 2 heterocycles. The Labute approximate surface area is 135 Å². The molecule has 2 aromatic rings. The predicted molar refractivity (Wildman–Crippen MR) is 85.4 cm³/mol. The van der Waals surface area contributed by atoms with Gasteiger partial charge in [-0.05, 0) is 25.0 Å². The third-order valence-electron chi connectivity index (χ3n) is 4.98. The summed E-state index contributed by atoms with van der Waals surface area (Å²) in [6, 6.07) is 7.36. The number of rotatable bonds is 3. The number of sulfonamides is 1. The SMILES string of the molecule is O=S(=O)(Cc1noc2ccccc12)N1CCOCC12CCCC2. The quantitative estimate of drug-likeness (QED) is 0.860. The van der Waals surface area contributed by atoms with Gasteiger partial charge in [0, 0.05) is 11.9 Å². The summed E-state index contributed by atoms with van der Waals surface area (Å²) in [5.41, 5.74) is 0.756. The lowest BCUT2D eigenvalue weighted by Crippen LogP contribution is -2.57. The molecule has 0 atom stereocenters. The molecule has 1 saturated heterocycles. The highest BCUT2D eigenvalue weighted by molar-refractivity contribution is 7.88. The van der Waals surface area contributed by atoms with Gasteiger partial charge < -0.3 is 9.26 Å². The standard InChI is InChI=1S/C16H20N2O4S/c19-23(20,11-14-13-5-1-2-6-15(13)22-17-14)18-9-10-21-12-16(18)7-3-4-8-16/h1-2,5-6H,3-4,7-12H2. The van der Waals surface area contributed by atoms with Gasteiger partial charge in [-0.25, -0.2) is 8.42 Å². The maximum Gasteiger partial charge on any atom is 0.220 e. The topological polar surface area (TPSA) is 72.6 Å². The van der Waals surface area contributed by atoms with Gasteiger partial charge in [0.1, 0.15) is 11.4 Å². The van der Waals surface area contributed by atoms with Gasteiger partial charge in [-0.15, -0.1) is 0 Å². The van der Waals surface area contributed by atoms with E-state index in [1.54, 1.807) is 10.4 Å². The second-order valence-electron chi connectivity index (χ2n) is 6.44. The fourth-order valence-corrected chi connectivity index (χ4v) is 5.76. The molecule has 2 fully saturated rings. The van der Waals surface area contributed by atoms with Crippen LogP contribution in [0.2, 0.25) is 0 Å². The van der Waals surface area contributed by atoms with Crippen LogP contribution in [0.3, 0.4) is 0 Å². The van der Waals surface area contributed by atoms with E-state index in [-0.39, 0.29) is 11.3 Å². The fourth-order valence-electron chi connectivity index (χ4n) is 3.87. The lowest BCUT2D eigenvalue weighted by atomic mass is 9.98. The van der Waals surface area contributed by atoms with E-state index in [9.17, 15) is 8.42 Å². The zero-order chi connectivity index (χ0) is 15.9. The normalized spacial score (nSPS) is 22.1. The largest absolute Gasteiger partial charge is 0.378 e. The van der Waals surface area contributed by atoms with E-state index in [0.29, 0.717) is 31.0 Å². The highest BCUT2D eigenvalue weighted by Gasteiger charge is 2.47. The fraction of sp³-hybridized carbons (Fsp3) is 0.562. The Balaban J connectivity index is 1.67. The van der Waals surface area contributed by atoms with E-state index in [2.05, 4.69) is 5.16 Å². The summed E-state index contributed by atoms with van der Waals surface area (Å²) in [4.78, 5) is 0. The third kappa shape index (κ3) is 2.56. The van der Waals surface area contributed by atoms with E-state index in [1.807, 2.05) is 18.2 Å². The van der Waals surface area contributed by atoms with Gasteiger partial charge in [0.25, 0.3) is 0 Å². The maximum absolute atomic E-state index is 13.0. The van der Waals surface area contributed by atoms with E-state index >= 15 is 0 Å². The molecular weight excluding hydrogens is 316 g/mol. The van der Waals surface area contributed by atoms with Gasteiger partial charge in [0.15, 0.2) is 5.58 Å². The van der Waals surface area contributed by atoms with E-state index in [4.69, 9.17) is 9.26 Å². The summed E-state index contributed by atoms with van der Waals surface area (Å²) in [5, 5.41) is 4.75. The van der Waals surface area contributed by atoms with Crippen LogP contribution in [0.15, 0.2) is 28.8 Å². The first-order valence-electron chi connectivity index (χ1n) is 8.02. The van der Waals surface area contributed by atoms with Crippen LogP contribution in [0.4, 0.5) is 0 Å². The molecule has 0 bridgehead atoms. The number of fused-ring (bicyclic) bond motifs is 1. The zero-order valence-electron chi connectivity index (χ0n) is 12.9. The van der Waals surface area contributed by atoms with E-state index in [0.717, 1.165) is 31.1 Å². The van der Waals surface area contributed by atoms with Crippen molar-refractivity contribution in [3.05, 3.63) is 30.0 Å². The second kappa shape index (κ2) is 5.58. The Hall–Kier alpha value is -1.44. The molecule has 7 heteroatoms. The molecule has 1 saturated carbocycles. The lowest BCUT2D eigenvalue weighted by molar-refractivity contribution is -0.0227. The average Bonchev–Trinajstić information content (AvgIpc) is 3.16. The number of aromatic nitrogens is 1. The van der Waals surface area contributed by atoms with Crippen molar-refractivity contribution in [3.8, 4) is 0 Å². The molecule has 4 rings (SSSR count). The molecule has 23 heavy (non-hydrogen) atoms. The molecule has 6 nitrogen and oxygen atoms in total. The number of morpholine rings is 1. The van der Waals surface area contributed by atoms with Crippen molar-refractivity contribution < 1.29 is 17.7 Å². The summed E-state index contributed by atoms with van der Waals surface area (Å²) < 4.78 is 38.6. The molecular formula is C16H20N2O4S. The van der Waals surface area contributed by atoms with Crippen molar-refractivity contribution in [3.63, 3.8) is 0 Å². The zero-order valence-corrected chi connectivity index (χ0v) is 13.7. The first-order valence-corrected chi connectivity index (χ1v) is 9.63. The molecule has 1 aliphatic heterocycles. The molecule has 0 radical (unpaired) electrons. The summed E-state index contributed by atoms with van der Waals surface area (Å²) in [7, 11) is -3.46. The first-order chi connectivity index (χ1) is 11.1. The lowest BCUT2D eigenvalue weighted by Gasteiger charge is -2.43. The van der Waals surface area contributed by atoms with Crippen molar-refractivity contribution in [2.24, 2.45) is 0 Å². The predicted octanol–water partition coefficient (Wildman–Crippen LogP) is 2.30. The number of para-hydroxylation sites is 1. The van der Waals surface area contributed by atoms with Crippen molar-refractivity contribution >= 4 is 21.0 Å². The minimum atomic E-state index is -3.46. The minimum absolute atomic E-state index is 0.119. The van der Waals surface area contributed by atoms with Crippen molar-refractivity contribution in [1.82, 2.24) is 9.46 Å². The molecule has 0 N–H and O–H groups in total.